The van der Waals surface area contributed by atoms with E-state index in [9.17, 15) is 0 Å². The molecule has 3 nitrogen and oxygen atoms in total. The second kappa shape index (κ2) is 4.02. The van der Waals surface area contributed by atoms with Gasteiger partial charge >= 0.3 is 0 Å². The highest BCUT2D eigenvalue weighted by Gasteiger charge is 2.23. The van der Waals surface area contributed by atoms with E-state index in [1.54, 1.807) is 0 Å². The second-order valence-electron chi connectivity index (χ2n) is 3.00. The lowest BCUT2D eigenvalue weighted by atomic mass is 10.3. The lowest BCUT2D eigenvalue weighted by molar-refractivity contribution is 0.693. The van der Waals surface area contributed by atoms with Crippen LogP contribution in [0, 0.1) is 0 Å². The average Bonchev–Trinajstić information content (AvgIpc) is 2.52. The van der Waals surface area contributed by atoms with Crippen LogP contribution in [-0.2, 0) is 0 Å². The van der Waals surface area contributed by atoms with E-state index in [1.807, 2.05) is 11.8 Å². The van der Waals surface area contributed by atoms with Crippen LogP contribution >= 0.6 is 35.1 Å². The molecular formula is C7H10ClN3S2. The van der Waals surface area contributed by atoms with E-state index in [1.165, 1.54) is 11.7 Å². The van der Waals surface area contributed by atoms with Crippen LogP contribution in [0.15, 0.2) is 0 Å². The van der Waals surface area contributed by atoms with Crippen LogP contribution < -0.4 is 4.90 Å². The van der Waals surface area contributed by atoms with Crippen LogP contribution in [0.25, 0.3) is 0 Å². The summed E-state index contributed by atoms with van der Waals surface area (Å²) in [5.74, 6) is 3.16. The van der Waals surface area contributed by atoms with E-state index in [0.29, 0.717) is 11.2 Å². The summed E-state index contributed by atoms with van der Waals surface area (Å²) in [4.78, 5) is 2.24. The van der Waals surface area contributed by atoms with Crippen LogP contribution in [0.2, 0.25) is 5.15 Å². The number of thioether (sulfide) groups is 1. The predicted molar refractivity (Wildman–Crippen MR) is 59.1 cm³/mol. The quantitative estimate of drug-likeness (QED) is 0.746. The molecule has 72 valence electrons. The minimum atomic E-state index is 0.514. The third kappa shape index (κ3) is 1.92. The molecule has 1 fully saturated rings. The van der Waals surface area contributed by atoms with Gasteiger partial charge in [0, 0.05) is 24.1 Å². The zero-order valence-electron chi connectivity index (χ0n) is 7.23. The molecule has 0 radical (unpaired) electrons. The maximum absolute atomic E-state index is 5.93. The van der Waals surface area contributed by atoms with Gasteiger partial charge in [0.1, 0.15) is 0 Å². The van der Waals surface area contributed by atoms with Crippen molar-refractivity contribution in [3.8, 4) is 0 Å². The first-order valence-electron chi connectivity index (χ1n) is 4.11. The van der Waals surface area contributed by atoms with Crippen molar-refractivity contribution in [2.24, 2.45) is 0 Å². The molecule has 1 unspecified atom stereocenters. The van der Waals surface area contributed by atoms with Gasteiger partial charge in [-0.3, -0.25) is 0 Å². The third-order valence-electron chi connectivity index (χ3n) is 2.07. The van der Waals surface area contributed by atoms with Gasteiger partial charge in [-0.15, -0.1) is 0 Å². The number of hydrogen-bond acceptors (Lipinski definition) is 5. The summed E-state index contributed by atoms with van der Waals surface area (Å²) in [6, 6.07) is 0.514. The van der Waals surface area contributed by atoms with Gasteiger partial charge in [-0.25, -0.2) is 0 Å². The minimum absolute atomic E-state index is 0.514. The van der Waals surface area contributed by atoms with Crippen molar-refractivity contribution in [3.05, 3.63) is 5.15 Å². The lowest BCUT2D eigenvalue weighted by Gasteiger charge is -2.32. The van der Waals surface area contributed by atoms with Gasteiger partial charge in [-0.2, -0.15) is 20.5 Å². The third-order valence-corrected chi connectivity index (χ3v) is 4.13. The molecular weight excluding hydrogens is 226 g/mol. The molecule has 0 N–H and O–H groups in total. The van der Waals surface area contributed by atoms with Crippen molar-refractivity contribution in [1.82, 2.24) is 8.75 Å². The van der Waals surface area contributed by atoms with Crippen LogP contribution in [0.1, 0.15) is 6.92 Å². The Balaban J connectivity index is 2.19. The Bertz CT molecular complexity index is 291. The molecule has 6 heteroatoms. The standard InChI is InChI=1S/C7H10ClN3S2/c1-5-4-12-3-2-11(5)7-6(8)9-13-10-7/h5H,2-4H2,1H3. The fourth-order valence-corrected chi connectivity index (χ4v) is 3.16. The molecule has 2 heterocycles. The Morgan fingerprint density at radius 2 is 2.38 bits per heavy atom. The lowest BCUT2D eigenvalue weighted by Crippen LogP contribution is -2.40. The molecule has 1 aliphatic heterocycles. The van der Waals surface area contributed by atoms with E-state index in [0.717, 1.165) is 23.9 Å². The van der Waals surface area contributed by atoms with Gasteiger partial charge < -0.3 is 4.90 Å². The van der Waals surface area contributed by atoms with Gasteiger partial charge in [0.05, 0.1) is 11.7 Å². The topological polar surface area (TPSA) is 29.0 Å². The number of halogens is 1. The van der Waals surface area contributed by atoms with E-state index in [-0.39, 0.29) is 0 Å². The van der Waals surface area contributed by atoms with E-state index in [4.69, 9.17) is 11.6 Å². The maximum Gasteiger partial charge on any atom is 0.187 e. The first kappa shape index (κ1) is 9.55. The molecule has 0 aliphatic carbocycles. The smallest absolute Gasteiger partial charge is 0.187 e. The van der Waals surface area contributed by atoms with E-state index < -0.39 is 0 Å². The number of rotatable bonds is 1. The van der Waals surface area contributed by atoms with Gasteiger partial charge in [-0.1, -0.05) is 11.6 Å². The zero-order chi connectivity index (χ0) is 9.26. The molecule has 0 aromatic carbocycles. The molecule has 0 bridgehead atoms. The first-order valence-corrected chi connectivity index (χ1v) is 6.38. The molecule has 1 aromatic rings. The summed E-state index contributed by atoms with van der Waals surface area (Å²) < 4.78 is 8.18. The minimum Gasteiger partial charge on any atom is -0.349 e. The van der Waals surface area contributed by atoms with E-state index >= 15 is 0 Å². The maximum atomic E-state index is 5.93. The first-order chi connectivity index (χ1) is 6.29. The molecule has 1 aliphatic rings. The zero-order valence-corrected chi connectivity index (χ0v) is 9.62. The van der Waals surface area contributed by atoms with Gasteiger partial charge in [0.2, 0.25) is 0 Å². The monoisotopic (exact) mass is 235 g/mol. The Morgan fingerprint density at radius 1 is 1.54 bits per heavy atom. The van der Waals surface area contributed by atoms with Crippen molar-refractivity contribution in [1.29, 1.82) is 0 Å². The summed E-state index contributed by atoms with van der Waals surface area (Å²) in [5, 5.41) is 0.545. The molecule has 1 aromatic heterocycles. The van der Waals surface area contributed by atoms with Crippen molar-refractivity contribution < 1.29 is 0 Å². The van der Waals surface area contributed by atoms with Crippen molar-refractivity contribution in [2.45, 2.75) is 13.0 Å². The summed E-state index contributed by atoms with van der Waals surface area (Å²) in [5.41, 5.74) is 0. The highest BCUT2D eigenvalue weighted by molar-refractivity contribution is 7.99. The summed E-state index contributed by atoms with van der Waals surface area (Å²) >= 11 is 9.09. The van der Waals surface area contributed by atoms with E-state index in [2.05, 4.69) is 20.6 Å². The van der Waals surface area contributed by atoms with Crippen molar-refractivity contribution >= 4 is 40.9 Å². The number of nitrogens with zero attached hydrogens (tertiary/aromatic N) is 3. The molecule has 2 rings (SSSR count). The Hall–Kier alpha value is -0.0000000000000000555. The highest BCUT2D eigenvalue weighted by Crippen LogP contribution is 2.28. The molecule has 0 spiro atoms. The van der Waals surface area contributed by atoms with Gasteiger partial charge in [0.25, 0.3) is 0 Å². The number of aromatic nitrogens is 2. The Kier molecular flexibility index (Phi) is 2.96. The number of hydrogen-bond donors (Lipinski definition) is 0. The molecule has 0 amide bonds. The normalized spacial score (nSPS) is 23.5. The SMILES string of the molecule is CC1CSCCN1c1nsnc1Cl. The molecule has 13 heavy (non-hydrogen) atoms. The number of anilines is 1. The van der Waals surface area contributed by atoms with Crippen molar-refractivity contribution in [2.75, 3.05) is 23.0 Å². The molecule has 0 saturated carbocycles. The van der Waals surface area contributed by atoms with Crippen LogP contribution in [0.5, 0.6) is 0 Å². The van der Waals surface area contributed by atoms with Gasteiger partial charge in [-0.05, 0) is 6.92 Å². The largest absolute Gasteiger partial charge is 0.349 e. The van der Waals surface area contributed by atoms with Crippen LogP contribution in [0.4, 0.5) is 5.82 Å². The van der Waals surface area contributed by atoms with Gasteiger partial charge in [0.15, 0.2) is 11.0 Å². The summed E-state index contributed by atoms with van der Waals surface area (Å²) in [6.45, 7) is 3.22. The average molecular weight is 236 g/mol. The molecule has 1 atom stereocenters. The highest BCUT2D eigenvalue weighted by atomic mass is 35.5. The second-order valence-corrected chi connectivity index (χ2v) is 5.03. The summed E-state index contributed by atoms with van der Waals surface area (Å²) in [6.07, 6.45) is 0. The van der Waals surface area contributed by atoms with Crippen LogP contribution in [0.3, 0.4) is 0 Å². The predicted octanol–water partition coefficient (Wildman–Crippen LogP) is 2.13. The Labute approximate surface area is 90.8 Å². The fraction of sp³-hybridized carbons (Fsp3) is 0.714. The van der Waals surface area contributed by atoms with Crippen LogP contribution in [-0.4, -0.2) is 32.8 Å². The summed E-state index contributed by atoms with van der Waals surface area (Å²) in [7, 11) is 0. The fourth-order valence-electron chi connectivity index (χ4n) is 1.39. The molecule has 1 saturated heterocycles. The van der Waals surface area contributed by atoms with Crippen molar-refractivity contribution in [3.63, 3.8) is 0 Å². The Morgan fingerprint density at radius 3 is 3.00 bits per heavy atom.